The summed E-state index contributed by atoms with van der Waals surface area (Å²) in [5.41, 5.74) is 2.57. The molecule has 3 N–H and O–H groups in total. The Hall–Kier alpha value is -2.91. The minimum Gasteiger partial charge on any atom is -0.482 e. The van der Waals surface area contributed by atoms with Gasteiger partial charge in [-0.1, -0.05) is 24.3 Å². The average molecular weight is 420 g/mol. The van der Waals surface area contributed by atoms with Gasteiger partial charge in [-0.2, -0.15) is 0 Å². The number of esters is 1. The summed E-state index contributed by atoms with van der Waals surface area (Å²) in [4.78, 5) is 23.8. The van der Waals surface area contributed by atoms with E-state index in [0.29, 0.717) is 11.3 Å². The van der Waals surface area contributed by atoms with Crippen molar-refractivity contribution in [1.82, 2.24) is 5.32 Å². The fraction of sp³-hybridized carbons (Fsp3) is 0.300. The van der Waals surface area contributed by atoms with Gasteiger partial charge in [-0.05, 0) is 55.7 Å². The highest BCUT2D eigenvalue weighted by Crippen LogP contribution is 2.19. The van der Waals surface area contributed by atoms with Gasteiger partial charge in [0.1, 0.15) is 5.75 Å². The molecule has 0 bridgehead atoms. The van der Waals surface area contributed by atoms with Gasteiger partial charge in [0.15, 0.2) is 13.2 Å². The van der Waals surface area contributed by atoms with E-state index >= 15 is 0 Å². The molecule has 0 aromatic heterocycles. The zero-order valence-electron chi connectivity index (χ0n) is 16.5. The number of hydrogen-bond donors (Lipinski definition) is 2. The molecule has 0 saturated carbocycles. The molecule has 0 radical (unpaired) electrons. The molecule has 0 unspecified atom stereocenters. The lowest BCUT2D eigenvalue weighted by molar-refractivity contribution is -0.150. The van der Waals surface area contributed by atoms with Crippen LogP contribution in [0, 0.1) is 13.8 Å². The number of rotatable bonds is 8. The molecule has 0 aliphatic heterocycles. The molecule has 1 atom stereocenters. The normalized spacial score (nSPS) is 12.1. The van der Waals surface area contributed by atoms with Crippen LogP contribution in [0.25, 0.3) is 0 Å². The molecule has 2 aromatic carbocycles. The number of nitrogens with two attached hydrogens (primary N) is 1. The van der Waals surface area contributed by atoms with Crippen LogP contribution in [-0.2, 0) is 24.3 Å². The fourth-order valence-corrected chi connectivity index (χ4v) is 3.02. The summed E-state index contributed by atoms with van der Waals surface area (Å²) in [5, 5.41) is 7.72. The van der Waals surface area contributed by atoms with E-state index < -0.39 is 34.5 Å². The number of primary sulfonamides is 1. The maximum atomic E-state index is 12.0. The number of carbonyl (C=O) groups excluding carboxylic acids is 2. The number of amides is 1. The molecule has 8 nitrogen and oxygen atoms in total. The maximum absolute atomic E-state index is 12.0. The second-order valence-electron chi connectivity index (χ2n) is 6.62. The van der Waals surface area contributed by atoms with Crippen molar-refractivity contribution in [3.05, 3.63) is 59.2 Å². The molecule has 2 rings (SSSR count). The molecular formula is C20H24N2O6S. The molecule has 0 fully saturated rings. The third-order valence-electron chi connectivity index (χ3n) is 4.14. The Morgan fingerprint density at radius 1 is 1.07 bits per heavy atom. The van der Waals surface area contributed by atoms with Gasteiger partial charge >= 0.3 is 5.97 Å². The van der Waals surface area contributed by atoms with Gasteiger partial charge in [0.2, 0.25) is 10.0 Å². The second-order valence-corrected chi connectivity index (χ2v) is 8.18. The van der Waals surface area contributed by atoms with Gasteiger partial charge < -0.3 is 14.8 Å². The Morgan fingerprint density at radius 3 is 2.34 bits per heavy atom. The van der Waals surface area contributed by atoms with Gasteiger partial charge in [0.25, 0.3) is 5.91 Å². The predicted octanol–water partition coefficient (Wildman–Crippen LogP) is 1.75. The molecular weight excluding hydrogens is 396 g/mol. The Labute approximate surface area is 170 Å². The van der Waals surface area contributed by atoms with E-state index in [1.165, 1.54) is 12.1 Å². The lowest BCUT2D eigenvalue weighted by atomic mass is 10.1. The second kappa shape index (κ2) is 9.53. The molecule has 0 saturated heterocycles. The predicted molar refractivity (Wildman–Crippen MR) is 107 cm³/mol. The van der Waals surface area contributed by atoms with Gasteiger partial charge in [-0.25, -0.2) is 18.4 Å². The average Bonchev–Trinajstić information content (AvgIpc) is 2.66. The summed E-state index contributed by atoms with van der Waals surface area (Å²) in [6.45, 7) is 4.75. The Kier molecular flexibility index (Phi) is 7.35. The number of benzene rings is 2. The molecule has 2 aromatic rings. The molecule has 29 heavy (non-hydrogen) atoms. The first-order chi connectivity index (χ1) is 13.6. The molecule has 0 aliphatic carbocycles. The topological polar surface area (TPSA) is 125 Å². The first-order valence-electron chi connectivity index (χ1n) is 8.84. The minimum atomic E-state index is -3.77. The van der Waals surface area contributed by atoms with Crippen molar-refractivity contribution in [3.8, 4) is 5.75 Å². The molecule has 1 amide bonds. The monoisotopic (exact) mass is 420 g/mol. The van der Waals surface area contributed by atoms with Crippen molar-refractivity contribution in [2.24, 2.45) is 5.14 Å². The van der Waals surface area contributed by atoms with E-state index in [9.17, 15) is 18.0 Å². The van der Waals surface area contributed by atoms with Crippen LogP contribution in [0.3, 0.4) is 0 Å². The quantitative estimate of drug-likeness (QED) is 0.627. The smallest absolute Gasteiger partial charge is 0.344 e. The molecule has 0 heterocycles. The molecule has 0 aliphatic rings. The zero-order valence-corrected chi connectivity index (χ0v) is 17.3. The fourth-order valence-electron chi connectivity index (χ4n) is 2.50. The lowest BCUT2D eigenvalue weighted by Crippen LogP contribution is -2.32. The standard InChI is InChI=1S/C20H24N2O6S/c1-13-4-5-14(2)18(10-13)27-12-20(24)28-11-19(23)22-15(3)16-6-8-17(9-7-16)29(21,25)26/h4-10,15H,11-12H2,1-3H3,(H,22,23)(H2,21,25,26)/t15-/m0/s1. The Bertz CT molecular complexity index is 987. The Morgan fingerprint density at radius 2 is 1.72 bits per heavy atom. The third kappa shape index (κ3) is 6.88. The van der Waals surface area contributed by atoms with E-state index in [4.69, 9.17) is 14.6 Å². The van der Waals surface area contributed by atoms with Gasteiger partial charge in [0, 0.05) is 0 Å². The van der Waals surface area contributed by atoms with Crippen LogP contribution in [0.1, 0.15) is 29.7 Å². The molecule has 0 spiro atoms. The van der Waals surface area contributed by atoms with Crippen molar-refractivity contribution in [2.75, 3.05) is 13.2 Å². The molecule has 156 valence electrons. The highest BCUT2D eigenvalue weighted by Gasteiger charge is 2.14. The number of carbonyl (C=O) groups is 2. The number of ether oxygens (including phenoxy) is 2. The van der Waals surface area contributed by atoms with Gasteiger partial charge in [0.05, 0.1) is 10.9 Å². The van der Waals surface area contributed by atoms with Gasteiger partial charge in [-0.15, -0.1) is 0 Å². The van der Waals surface area contributed by atoms with Gasteiger partial charge in [-0.3, -0.25) is 4.79 Å². The van der Waals surface area contributed by atoms with E-state index in [0.717, 1.165) is 11.1 Å². The van der Waals surface area contributed by atoms with Crippen LogP contribution in [0.15, 0.2) is 47.4 Å². The maximum Gasteiger partial charge on any atom is 0.344 e. The summed E-state index contributed by atoms with van der Waals surface area (Å²) in [5.74, 6) is -0.567. The SMILES string of the molecule is Cc1ccc(C)c(OCC(=O)OCC(=O)N[C@@H](C)c2ccc(S(N)(=O)=O)cc2)c1. The van der Waals surface area contributed by atoms with Crippen molar-refractivity contribution in [1.29, 1.82) is 0 Å². The van der Waals surface area contributed by atoms with E-state index in [-0.39, 0.29) is 11.5 Å². The van der Waals surface area contributed by atoms with Crippen LogP contribution < -0.4 is 15.2 Å². The van der Waals surface area contributed by atoms with Crippen LogP contribution in [0.5, 0.6) is 5.75 Å². The van der Waals surface area contributed by atoms with E-state index in [1.54, 1.807) is 19.1 Å². The number of aryl methyl sites for hydroxylation is 2. The van der Waals surface area contributed by atoms with Crippen LogP contribution in [-0.4, -0.2) is 33.5 Å². The van der Waals surface area contributed by atoms with Crippen LogP contribution in [0.2, 0.25) is 0 Å². The summed E-state index contributed by atoms with van der Waals surface area (Å²) >= 11 is 0. The number of nitrogens with one attached hydrogen (secondary N) is 1. The van der Waals surface area contributed by atoms with Crippen molar-refractivity contribution < 1.29 is 27.5 Å². The molecule has 9 heteroatoms. The Balaban J connectivity index is 1.79. The van der Waals surface area contributed by atoms with Crippen LogP contribution >= 0.6 is 0 Å². The first kappa shape index (κ1) is 22.4. The summed E-state index contributed by atoms with van der Waals surface area (Å²) in [6, 6.07) is 11.0. The third-order valence-corrected chi connectivity index (χ3v) is 5.07. The van der Waals surface area contributed by atoms with Crippen molar-refractivity contribution in [2.45, 2.75) is 31.7 Å². The van der Waals surface area contributed by atoms with E-state index in [2.05, 4.69) is 5.32 Å². The largest absolute Gasteiger partial charge is 0.482 e. The summed E-state index contributed by atoms with van der Waals surface area (Å²) in [6.07, 6.45) is 0. The number of hydrogen-bond acceptors (Lipinski definition) is 6. The van der Waals surface area contributed by atoms with Crippen LogP contribution in [0.4, 0.5) is 0 Å². The lowest BCUT2D eigenvalue weighted by Gasteiger charge is -2.15. The summed E-state index contributed by atoms with van der Waals surface area (Å²) in [7, 11) is -3.77. The first-order valence-corrected chi connectivity index (χ1v) is 10.4. The van der Waals surface area contributed by atoms with E-state index in [1.807, 2.05) is 32.0 Å². The highest BCUT2D eigenvalue weighted by atomic mass is 32.2. The minimum absolute atomic E-state index is 0.0162. The van der Waals surface area contributed by atoms with Crippen molar-refractivity contribution >= 4 is 21.9 Å². The highest BCUT2D eigenvalue weighted by molar-refractivity contribution is 7.89. The number of sulfonamides is 1. The zero-order chi connectivity index (χ0) is 21.6. The van der Waals surface area contributed by atoms with Crippen molar-refractivity contribution in [3.63, 3.8) is 0 Å². The summed E-state index contributed by atoms with van der Waals surface area (Å²) < 4.78 is 32.9.